The molecule has 1 N–H and O–H groups in total. The van der Waals surface area contributed by atoms with Crippen LogP contribution in [0.2, 0.25) is 0 Å². The van der Waals surface area contributed by atoms with Crippen molar-refractivity contribution in [3.05, 3.63) is 53.5 Å². The molecular weight excluding hydrogens is 280 g/mol. The molecule has 1 amide bonds. The van der Waals surface area contributed by atoms with Gasteiger partial charge in [-0.15, -0.1) is 0 Å². The Balaban J connectivity index is 1.82. The van der Waals surface area contributed by atoms with Crippen molar-refractivity contribution in [2.45, 2.75) is 26.7 Å². The van der Waals surface area contributed by atoms with Crippen molar-refractivity contribution in [1.82, 2.24) is 5.43 Å². The Morgan fingerprint density at radius 1 is 1.23 bits per heavy atom. The lowest BCUT2D eigenvalue weighted by Gasteiger charge is -2.04. The first-order chi connectivity index (χ1) is 10.7. The predicted octanol–water partition coefficient (Wildman–Crippen LogP) is 2.93. The Kier molecular flexibility index (Phi) is 5.77. The van der Waals surface area contributed by atoms with E-state index in [0.717, 1.165) is 23.5 Å². The zero-order chi connectivity index (χ0) is 15.8. The molecule has 1 aromatic carbocycles. The van der Waals surface area contributed by atoms with Crippen molar-refractivity contribution in [3.8, 4) is 5.75 Å². The number of rotatable bonds is 7. The van der Waals surface area contributed by atoms with E-state index in [2.05, 4.69) is 10.5 Å². The number of carbonyl (C=O) groups excluding carboxylic acids is 1. The third kappa shape index (κ3) is 4.77. The fourth-order valence-electron chi connectivity index (χ4n) is 1.92. The number of ether oxygens (including phenoxy) is 1. The van der Waals surface area contributed by atoms with Gasteiger partial charge < -0.3 is 9.15 Å². The standard InChI is InChI=1S/C17H20N2O3/c1-3-14-9-10-16(22-14)12-18-19-17(20)11-13-5-7-15(8-6-13)21-4-2/h5-10,12H,3-4,11H2,1-2H3,(H,19,20)/b18-12-. The molecule has 5 heteroatoms. The zero-order valence-corrected chi connectivity index (χ0v) is 12.8. The number of hydrogen-bond acceptors (Lipinski definition) is 4. The summed E-state index contributed by atoms with van der Waals surface area (Å²) >= 11 is 0. The molecule has 5 nitrogen and oxygen atoms in total. The summed E-state index contributed by atoms with van der Waals surface area (Å²) in [6.07, 6.45) is 2.59. The Hall–Kier alpha value is -2.56. The van der Waals surface area contributed by atoms with Crippen molar-refractivity contribution in [3.63, 3.8) is 0 Å². The van der Waals surface area contributed by atoms with E-state index in [1.165, 1.54) is 6.21 Å². The summed E-state index contributed by atoms with van der Waals surface area (Å²) in [7, 11) is 0. The van der Waals surface area contributed by atoms with E-state index in [1.807, 2.05) is 50.2 Å². The van der Waals surface area contributed by atoms with Gasteiger partial charge in [-0.05, 0) is 36.8 Å². The molecule has 0 aliphatic carbocycles. The molecule has 0 aliphatic rings. The largest absolute Gasteiger partial charge is 0.494 e. The summed E-state index contributed by atoms with van der Waals surface area (Å²) in [5, 5.41) is 3.89. The summed E-state index contributed by atoms with van der Waals surface area (Å²) in [5.41, 5.74) is 3.39. The fraction of sp³-hybridized carbons (Fsp3) is 0.294. The first-order valence-corrected chi connectivity index (χ1v) is 7.33. The summed E-state index contributed by atoms with van der Waals surface area (Å²) < 4.78 is 10.8. The molecule has 2 aromatic rings. The monoisotopic (exact) mass is 300 g/mol. The van der Waals surface area contributed by atoms with Crippen LogP contribution in [0.15, 0.2) is 45.9 Å². The third-order valence-electron chi connectivity index (χ3n) is 3.01. The van der Waals surface area contributed by atoms with Gasteiger partial charge in [0, 0.05) is 6.42 Å². The van der Waals surface area contributed by atoms with Crippen molar-refractivity contribution in [1.29, 1.82) is 0 Å². The molecule has 0 atom stereocenters. The highest BCUT2D eigenvalue weighted by Crippen LogP contribution is 2.12. The Morgan fingerprint density at radius 2 is 2.00 bits per heavy atom. The second kappa shape index (κ2) is 8.02. The van der Waals surface area contributed by atoms with Gasteiger partial charge in [0.25, 0.3) is 0 Å². The van der Waals surface area contributed by atoms with E-state index < -0.39 is 0 Å². The first kappa shape index (κ1) is 15.8. The summed E-state index contributed by atoms with van der Waals surface area (Å²) in [4.78, 5) is 11.8. The number of nitrogens with one attached hydrogen (secondary N) is 1. The predicted molar refractivity (Wildman–Crippen MR) is 85.1 cm³/mol. The summed E-state index contributed by atoms with van der Waals surface area (Å²) in [6.45, 7) is 4.57. The molecule has 1 aromatic heterocycles. The number of nitrogens with zero attached hydrogens (tertiary/aromatic N) is 1. The van der Waals surface area contributed by atoms with Crippen LogP contribution in [-0.2, 0) is 17.6 Å². The average molecular weight is 300 g/mol. The highest BCUT2D eigenvalue weighted by molar-refractivity contribution is 5.81. The van der Waals surface area contributed by atoms with Crippen LogP contribution in [0.3, 0.4) is 0 Å². The third-order valence-corrected chi connectivity index (χ3v) is 3.01. The molecule has 116 valence electrons. The molecule has 0 spiro atoms. The molecule has 0 fully saturated rings. The van der Waals surface area contributed by atoms with E-state index in [-0.39, 0.29) is 12.3 Å². The maximum Gasteiger partial charge on any atom is 0.244 e. The Bertz CT molecular complexity index is 630. The highest BCUT2D eigenvalue weighted by atomic mass is 16.5. The minimum absolute atomic E-state index is 0.178. The van der Waals surface area contributed by atoms with Crippen molar-refractivity contribution >= 4 is 12.1 Å². The molecule has 0 saturated carbocycles. The zero-order valence-electron chi connectivity index (χ0n) is 12.8. The molecule has 0 radical (unpaired) electrons. The molecule has 0 aliphatic heterocycles. The van der Waals surface area contributed by atoms with Crippen LogP contribution in [0.5, 0.6) is 5.75 Å². The van der Waals surface area contributed by atoms with E-state index >= 15 is 0 Å². The van der Waals surface area contributed by atoms with Crippen LogP contribution < -0.4 is 10.2 Å². The van der Waals surface area contributed by atoms with Gasteiger partial charge in [0.2, 0.25) is 5.91 Å². The second-order valence-electron chi connectivity index (χ2n) is 4.70. The lowest BCUT2D eigenvalue weighted by molar-refractivity contribution is -0.120. The molecule has 0 bridgehead atoms. The quantitative estimate of drug-likeness (QED) is 0.631. The van der Waals surface area contributed by atoms with Crippen LogP contribution in [0.1, 0.15) is 30.9 Å². The first-order valence-electron chi connectivity index (χ1n) is 7.33. The number of aryl methyl sites for hydroxylation is 1. The van der Waals surface area contributed by atoms with Crippen molar-refractivity contribution < 1.29 is 13.9 Å². The Morgan fingerprint density at radius 3 is 2.64 bits per heavy atom. The van der Waals surface area contributed by atoms with Crippen molar-refractivity contribution in [2.24, 2.45) is 5.10 Å². The van der Waals surface area contributed by atoms with Crippen LogP contribution >= 0.6 is 0 Å². The highest BCUT2D eigenvalue weighted by Gasteiger charge is 2.03. The van der Waals surface area contributed by atoms with Gasteiger partial charge in [0.05, 0.1) is 19.2 Å². The molecule has 0 unspecified atom stereocenters. The van der Waals surface area contributed by atoms with Gasteiger partial charge in [0.15, 0.2) is 0 Å². The minimum Gasteiger partial charge on any atom is -0.494 e. The van der Waals surface area contributed by atoms with E-state index in [1.54, 1.807) is 0 Å². The molecule has 22 heavy (non-hydrogen) atoms. The smallest absolute Gasteiger partial charge is 0.244 e. The fourth-order valence-corrected chi connectivity index (χ4v) is 1.92. The van der Waals surface area contributed by atoms with E-state index in [4.69, 9.17) is 9.15 Å². The number of amides is 1. The number of furan rings is 1. The number of benzene rings is 1. The molecule has 0 saturated heterocycles. The van der Waals surface area contributed by atoms with E-state index in [9.17, 15) is 4.79 Å². The lowest BCUT2D eigenvalue weighted by atomic mass is 10.1. The van der Waals surface area contributed by atoms with Crippen molar-refractivity contribution in [2.75, 3.05) is 6.61 Å². The van der Waals surface area contributed by atoms with Gasteiger partial charge in [-0.1, -0.05) is 19.1 Å². The summed E-state index contributed by atoms with van der Waals surface area (Å²) in [5.74, 6) is 2.14. The minimum atomic E-state index is -0.178. The van der Waals surface area contributed by atoms with Gasteiger partial charge in [-0.25, -0.2) is 5.43 Å². The maximum atomic E-state index is 11.8. The molecule has 1 heterocycles. The normalized spacial score (nSPS) is 10.8. The van der Waals surface area contributed by atoms with Gasteiger partial charge in [-0.3, -0.25) is 4.79 Å². The maximum absolute atomic E-state index is 11.8. The molecular formula is C17H20N2O3. The van der Waals surface area contributed by atoms with Crippen LogP contribution in [0.4, 0.5) is 0 Å². The van der Waals surface area contributed by atoms with Gasteiger partial charge in [0.1, 0.15) is 17.3 Å². The summed E-state index contributed by atoms with van der Waals surface area (Å²) in [6, 6.07) is 11.2. The van der Waals surface area contributed by atoms with Crippen LogP contribution in [0.25, 0.3) is 0 Å². The van der Waals surface area contributed by atoms with Crippen LogP contribution in [0, 0.1) is 0 Å². The SMILES string of the molecule is CCOc1ccc(CC(=O)N/N=C\c2ccc(CC)o2)cc1. The van der Waals surface area contributed by atoms with Crippen LogP contribution in [-0.4, -0.2) is 18.7 Å². The van der Waals surface area contributed by atoms with Gasteiger partial charge in [-0.2, -0.15) is 5.10 Å². The Labute approximate surface area is 130 Å². The topological polar surface area (TPSA) is 63.8 Å². The molecule has 2 rings (SSSR count). The number of hydrogen-bond donors (Lipinski definition) is 1. The lowest BCUT2D eigenvalue weighted by Crippen LogP contribution is -2.19. The van der Waals surface area contributed by atoms with Gasteiger partial charge >= 0.3 is 0 Å². The number of hydrazone groups is 1. The number of carbonyl (C=O) groups is 1. The second-order valence-corrected chi connectivity index (χ2v) is 4.70. The average Bonchev–Trinajstić information content (AvgIpc) is 2.97. The van der Waals surface area contributed by atoms with E-state index in [0.29, 0.717) is 12.4 Å².